The van der Waals surface area contributed by atoms with Crippen molar-refractivity contribution in [2.45, 2.75) is 19.4 Å². The minimum Gasteiger partial charge on any atom is -0.325 e. The Hall–Kier alpha value is -2.62. The Morgan fingerprint density at radius 2 is 1.59 bits per heavy atom. The predicted molar refractivity (Wildman–Crippen MR) is 112 cm³/mol. The van der Waals surface area contributed by atoms with E-state index >= 15 is 0 Å². The molecule has 0 saturated heterocycles. The Kier molecular flexibility index (Phi) is 6.64. The summed E-state index contributed by atoms with van der Waals surface area (Å²) in [7, 11) is 0. The van der Waals surface area contributed by atoms with Crippen LogP contribution in [-0.4, -0.2) is 12.5 Å². The Morgan fingerprint density at radius 3 is 2.37 bits per heavy atom. The highest BCUT2D eigenvalue weighted by Crippen LogP contribution is 2.22. The van der Waals surface area contributed by atoms with Gasteiger partial charge in [0.05, 0.1) is 6.54 Å². The average Bonchev–Trinajstić information content (AvgIpc) is 2.69. The van der Waals surface area contributed by atoms with Gasteiger partial charge in [-0.05, 0) is 42.2 Å². The maximum atomic E-state index is 12.4. The molecule has 0 aliphatic carbocycles. The molecule has 3 rings (SSSR count). The Morgan fingerprint density at radius 1 is 0.926 bits per heavy atom. The summed E-state index contributed by atoms with van der Waals surface area (Å²) in [5.74, 6) is -0.0746. The van der Waals surface area contributed by atoms with E-state index in [4.69, 9.17) is 11.6 Å². The summed E-state index contributed by atoms with van der Waals surface area (Å²) in [4.78, 5) is 12.4. The standard InChI is InChI=1S/C23H23ClN2O/c1-17(20-12-6-7-13-21(20)24)25-16-23(27)26-22-14-8-5-11-19(22)15-18-9-3-2-4-10-18/h2-14,17,25H,15-16H2,1H3,(H,26,27)/t17-/m0/s1. The molecule has 0 radical (unpaired) electrons. The van der Waals surface area contributed by atoms with Crippen molar-refractivity contribution in [3.05, 3.63) is 101 Å². The number of anilines is 1. The van der Waals surface area contributed by atoms with Crippen LogP contribution in [0.1, 0.15) is 29.7 Å². The Bertz CT molecular complexity index is 896. The number of carbonyl (C=O) groups excluding carboxylic acids is 1. The van der Waals surface area contributed by atoms with Gasteiger partial charge in [-0.2, -0.15) is 0 Å². The maximum Gasteiger partial charge on any atom is 0.238 e. The first-order valence-electron chi connectivity index (χ1n) is 9.03. The second-order valence-electron chi connectivity index (χ2n) is 6.49. The summed E-state index contributed by atoms with van der Waals surface area (Å²) >= 11 is 6.22. The lowest BCUT2D eigenvalue weighted by Gasteiger charge is -2.16. The van der Waals surface area contributed by atoms with Gasteiger partial charge < -0.3 is 10.6 Å². The normalized spacial score (nSPS) is 11.8. The summed E-state index contributed by atoms with van der Waals surface area (Å²) in [6.45, 7) is 2.21. The van der Waals surface area contributed by atoms with Crippen molar-refractivity contribution in [3.63, 3.8) is 0 Å². The number of carbonyl (C=O) groups is 1. The quantitative estimate of drug-likeness (QED) is 0.591. The van der Waals surface area contributed by atoms with Gasteiger partial charge in [-0.15, -0.1) is 0 Å². The van der Waals surface area contributed by atoms with Gasteiger partial charge in [0.15, 0.2) is 0 Å². The monoisotopic (exact) mass is 378 g/mol. The minimum absolute atomic E-state index is 0.0102. The third kappa shape index (κ3) is 5.43. The second-order valence-corrected chi connectivity index (χ2v) is 6.90. The molecule has 138 valence electrons. The predicted octanol–water partition coefficient (Wildman–Crippen LogP) is 5.22. The summed E-state index contributed by atoms with van der Waals surface area (Å²) in [5.41, 5.74) is 4.14. The van der Waals surface area contributed by atoms with E-state index in [1.807, 2.05) is 73.7 Å². The molecule has 1 atom stereocenters. The molecule has 3 aromatic carbocycles. The maximum absolute atomic E-state index is 12.4. The van der Waals surface area contributed by atoms with Crippen molar-refractivity contribution in [1.82, 2.24) is 5.32 Å². The molecule has 3 aromatic rings. The lowest BCUT2D eigenvalue weighted by atomic mass is 10.0. The van der Waals surface area contributed by atoms with Crippen molar-refractivity contribution in [3.8, 4) is 0 Å². The van der Waals surface area contributed by atoms with Crippen LogP contribution in [0, 0.1) is 0 Å². The first kappa shape index (κ1) is 19.2. The van der Waals surface area contributed by atoms with Crippen LogP contribution in [0.3, 0.4) is 0 Å². The van der Waals surface area contributed by atoms with Crippen LogP contribution in [0.5, 0.6) is 0 Å². The minimum atomic E-state index is -0.0746. The van der Waals surface area contributed by atoms with E-state index in [9.17, 15) is 4.79 Å². The Labute approximate surface area is 165 Å². The number of para-hydroxylation sites is 1. The molecule has 0 fully saturated rings. The van der Waals surface area contributed by atoms with Crippen LogP contribution in [0.15, 0.2) is 78.9 Å². The lowest BCUT2D eigenvalue weighted by Crippen LogP contribution is -2.30. The first-order chi connectivity index (χ1) is 13.1. The number of hydrogen-bond donors (Lipinski definition) is 2. The van der Waals surface area contributed by atoms with E-state index in [0.29, 0.717) is 5.02 Å². The summed E-state index contributed by atoms with van der Waals surface area (Å²) in [5, 5.41) is 6.95. The van der Waals surface area contributed by atoms with Crippen LogP contribution < -0.4 is 10.6 Å². The van der Waals surface area contributed by atoms with Gasteiger partial charge in [-0.25, -0.2) is 0 Å². The zero-order valence-electron chi connectivity index (χ0n) is 15.3. The van der Waals surface area contributed by atoms with Gasteiger partial charge in [0.25, 0.3) is 0 Å². The van der Waals surface area contributed by atoms with Gasteiger partial charge in [-0.1, -0.05) is 78.3 Å². The average molecular weight is 379 g/mol. The van der Waals surface area contributed by atoms with Gasteiger partial charge in [0, 0.05) is 16.8 Å². The lowest BCUT2D eigenvalue weighted by molar-refractivity contribution is -0.115. The van der Waals surface area contributed by atoms with Crippen LogP contribution in [0.25, 0.3) is 0 Å². The van der Waals surface area contributed by atoms with Gasteiger partial charge in [0.1, 0.15) is 0 Å². The van der Waals surface area contributed by atoms with E-state index in [1.165, 1.54) is 5.56 Å². The van der Waals surface area contributed by atoms with Crippen molar-refractivity contribution < 1.29 is 4.79 Å². The van der Waals surface area contributed by atoms with Crippen molar-refractivity contribution >= 4 is 23.2 Å². The van der Waals surface area contributed by atoms with Crippen LogP contribution in [0.2, 0.25) is 5.02 Å². The summed E-state index contributed by atoms with van der Waals surface area (Å²) in [6.07, 6.45) is 0.779. The van der Waals surface area contributed by atoms with Crippen molar-refractivity contribution in [1.29, 1.82) is 0 Å². The van der Waals surface area contributed by atoms with Crippen LogP contribution in [0.4, 0.5) is 5.69 Å². The summed E-state index contributed by atoms with van der Waals surface area (Å²) < 4.78 is 0. The molecule has 0 aromatic heterocycles. The topological polar surface area (TPSA) is 41.1 Å². The molecule has 2 N–H and O–H groups in total. The third-order valence-corrected chi connectivity index (χ3v) is 4.81. The van der Waals surface area contributed by atoms with E-state index < -0.39 is 0 Å². The number of hydrogen-bond acceptors (Lipinski definition) is 2. The highest BCUT2D eigenvalue weighted by Gasteiger charge is 2.12. The fraction of sp³-hybridized carbons (Fsp3) is 0.174. The largest absolute Gasteiger partial charge is 0.325 e. The summed E-state index contributed by atoms with van der Waals surface area (Å²) in [6, 6.07) is 25.8. The smallest absolute Gasteiger partial charge is 0.238 e. The first-order valence-corrected chi connectivity index (χ1v) is 9.41. The highest BCUT2D eigenvalue weighted by molar-refractivity contribution is 6.31. The molecule has 0 aliphatic rings. The number of amides is 1. The van der Waals surface area contributed by atoms with Gasteiger partial charge in [0.2, 0.25) is 5.91 Å². The van der Waals surface area contributed by atoms with Crippen molar-refractivity contribution in [2.24, 2.45) is 0 Å². The molecule has 0 aliphatic heterocycles. The molecule has 4 heteroatoms. The van der Waals surface area contributed by atoms with Crippen LogP contribution in [-0.2, 0) is 11.2 Å². The fourth-order valence-corrected chi connectivity index (χ4v) is 3.29. The zero-order chi connectivity index (χ0) is 19.1. The number of halogens is 1. The molecule has 0 heterocycles. The SMILES string of the molecule is C[C@H](NCC(=O)Nc1ccccc1Cc1ccccc1)c1ccccc1Cl. The highest BCUT2D eigenvalue weighted by atomic mass is 35.5. The van der Waals surface area contributed by atoms with Gasteiger partial charge >= 0.3 is 0 Å². The molecule has 1 amide bonds. The zero-order valence-corrected chi connectivity index (χ0v) is 16.0. The number of rotatable bonds is 7. The fourth-order valence-electron chi connectivity index (χ4n) is 2.99. The van der Waals surface area contributed by atoms with E-state index in [2.05, 4.69) is 22.8 Å². The van der Waals surface area contributed by atoms with E-state index in [-0.39, 0.29) is 18.5 Å². The molecule has 0 spiro atoms. The number of benzene rings is 3. The third-order valence-electron chi connectivity index (χ3n) is 4.47. The molecule has 0 unspecified atom stereocenters. The van der Waals surface area contributed by atoms with Gasteiger partial charge in [-0.3, -0.25) is 4.79 Å². The second kappa shape index (κ2) is 9.36. The molecular formula is C23H23ClN2O. The number of nitrogens with one attached hydrogen (secondary N) is 2. The molecular weight excluding hydrogens is 356 g/mol. The molecule has 0 saturated carbocycles. The van der Waals surface area contributed by atoms with E-state index in [0.717, 1.165) is 23.2 Å². The van der Waals surface area contributed by atoms with Crippen molar-refractivity contribution in [2.75, 3.05) is 11.9 Å². The van der Waals surface area contributed by atoms with E-state index in [1.54, 1.807) is 0 Å². The molecule has 3 nitrogen and oxygen atoms in total. The van der Waals surface area contributed by atoms with Crippen LogP contribution >= 0.6 is 11.6 Å². The Balaban J connectivity index is 1.60. The molecule has 0 bridgehead atoms. The molecule has 27 heavy (non-hydrogen) atoms.